The predicted octanol–water partition coefficient (Wildman–Crippen LogP) is 2.54. The SMILES string of the molecule is CN=C(NCc1ccsc1)NCC1CC(=O)Nc2ccccc21. The summed E-state index contributed by atoms with van der Waals surface area (Å²) in [6.07, 6.45) is 0.492. The Morgan fingerprint density at radius 2 is 2.22 bits per heavy atom. The number of aliphatic imine (C=N–C) groups is 1. The third kappa shape index (κ3) is 3.90. The lowest BCUT2D eigenvalue weighted by Crippen LogP contribution is -2.40. The molecule has 6 heteroatoms. The van der Waals surface area contributed by atoms with Crippen LogP contribution in [0.25, 0.3) is 0 Å². The van der Waals surface area contributed by atoms with E-state index in [0.717, 1.165) is 18.2 Å². The van der Waals surface area contributed by atoms with E-state index in [1.165, 1.54) is 11.1 Å². The fourth-order valence-corrected chi connectivity index (χ4v) is 3.37. The molecule has 120 valence electrons. The number of nitrogens with one attached hydrogen (secondary N) is 3. The van der Waals surface area contributed by atoms with Crippen LogP contribution in [0.4, 0.5) is 5.69 Å². The minimum atomic E-state index is 0.0664. The van der Waals surface area contributed by atoms with E-state index in [1.807, 2.05) is 18.2 Å². The van der Waals surface area contributed by atoms with Crippen molar-refractivity contribution in [2.75, 3.05) is 18.9 Å². The summed E-state index contributed by atoms with van der Waals surface area (Å²) < 4.78 is 0. The van der Waals surface area contributed by atoms with E-state index in [1.54, 1.807) is 18.4 Å². The maximum atomic E-state index is 11.8. The Hall–Kier alpha value is -2.34. The molecule has 1 aromatic heterocycles. The summed E-state index contributed by atoms with van der Waals surface area (Å²) in [5, 5.41) is 13.7. The number of nitrogens with zero attached hydrogens (tertiary/aromatic N) is 1. The molecule has 2 aromatic rings. The Kier molecular flexibility index (Phi) is 4.92. The van der Waals surface area contributed by atoms with Crippen LogP contribution < -0.4 is 16.0 Å². The number of para-hydroxylation sites is 1. The van der Waals surface area contributed by atoms with Crippen LogP contribution in [0, 0.1) is 0 Å². The Balaban J connectivity index is 1.59. The molecule has 3 rings (SSSR count). The third-order valence-corrected chi connectivity index (χ3v) is 4.62. The molecule has 0 radical (unpaired) electrons. The Labute approximate surface area is 139 Å². The second kappa shape index (κ2) is 7.28. The van der Waals surface area contributed by atoms with Crippen molar-refractivity contribution in [3.8, 4) is 0 Å². The number of rotatable bonds is 4. The number of hydrogen-bond acceptors (Lipinski definition) is 3. The molecular weight excluding hydrogens is 308 g/mol. The second-order valence-electron chi connectivity index (χ2n) is 5.47. The maximum Gasteiger partial charge on any atom is 0.225 e. The number of carbonyl (C=O) groups is 1. The Bertz CT molecular complexity index is 696. The molecule has 0 spiro atoms. The van der Waals surface area contributed by atoms with Crippen LogP contribution in [-0.4, -0.2) is 25.5 Å². The van der Waals surface area contributed by atoms with Gasteiger partial charge in [-0.2, -0.15) is 11.3 Å². The first-order chi connectivity index (χ1) is 11.3. The van der Waals surface area contributed by atoms with Gasteiger partial charge in [0.1, 0.15) is 0 Å². The summed E-state index contributed by atoms with van der Waals surface area (Å²) in [6, 6.07) is 10.1. The van der Waals surface area contributed by atoms with Crippen molar-refractivity contribution in [3.05, 3.63) is 52.2 Å². The summed E-state index contributed by atoms with van der Waals surface area (Å²) in [7, 11) is 1.75. The molecule has 23 heavy (non-hydrogen) atoms. The smallest absolute Gasteiger partial charge is 0.225 e. The average Bonchev–Trinajstić information content (AvgIpc) is 3.08. The summed E-state index contributed by atoms with van der Waals surface area (Å²) in [5.74, 6) is 0.969. The fourth-order valence-electron chi connectivity index (χ4n) is 2.70. The van der Waals surface area contributed by atoms with Gasteiger partial charge in [0, 0.05) is 38.2 Å². The summed E-state index contributed by atoms with van der Waals surface area (Å²) in [6.45, 7) is 1.42. The standard InChI is InChI=1S/C17H20N4OS/c1-18-17(19-9-12-6-7-23-11-12)20-10-13-8-16(22)21-15-5-3-2-4-14(13)15/h2-7,11,13H,8-10H2,1H3,(H,21,22)(H2,18,19,20). The Morgan fingerprint density at radius 3 is 3.00 bits per heavy atom. The lowest BCUT2D eigenvalue weighted by Gasteiger charge is -2.26. The highest BCUT2D eigenvalue weighted by atomic mass is 32.1. The Morgan fingerprint density at radius 1 is 1.35 bits per heavy atom. The summed E-state index contributed by atoms with van der Waals surface area (Å²) in [4.78, 5) is 16.1. The first kappa shape index (κ1) is 15.6. The highest BCUT2D eigenvalue weighted by molar-refractivity contribution is 7.07. The van der Waals surface area contributed by atoms with E-state index >= 15 is 0 Å². The minimum Gasteiger partial charge on any atom is -0.356 e. The van der Waals surface area contributed by atoms with Gasteiger partial charge < -0.3 is 16.0 Å². The van der Waals surface area contributed by atoms with E-state index in [-0.39, 0.29) is 11.8 Å². The molecule has 1 aliphatic rings. The molecule has 1 unspecified atom stereocenters. The summed E-state index contributed by atoms with van der Waals surface area (Å²) >= 11 is 1.68. The fraction of sp³-hybridized carbons (Fsp3) is 0.294. The molecule has 0 bridgehead atoms. The van der Waals surface area contributed by atoms with Crippen LogP contribution in [0.3, 0.4) is 0 Å². The number of fused-ring (bicyclic) bond motifs is 1. The molecule has 0 saturated carbocycles. The predicted molar refractivity (Wildman–Crippen MR) is 95.0 cm³/mol. The van der Waals surface area contributed by atoms with Gasteiger partial charge >= 0.3 is 0 Å². The number of carbonyl (C=O) groups excluding carboxylic acids is 1. The van der Waals surface area contributed by atoms with Crippen molar-refractivity contribution in [3.63, 3.8) is 0 Å². The van der Waals surface area contributed by atoms with Crippen LogP contribution in [0.1, 0.15) is 23.5 Å². The van der Waals surface area contributed by atoms with Crippen LogP contribution >= 0.6 is 11.3 Å². The molecule has 0 saturated heterocycles. The van der Waals surface area contributed by atoms with Gasteiger partial charge in [0.25, 0.3) is 0 Å². The average molecular weight is 328 g/mol. The van der Waals surface area contributed by atoms with Crippen molar-refractivity contribution < 1.29 is 4.79 Å². The molecule has 1 aromatic carbocycles. The van der Waals surface area contributed by atoms with Gasteiger partial charge in [-0.3, -0.25) is 9.79 Å². The third-order valence-electron chi connectivity index (χ3n) is 3.89. The number of thiophene rings is 1. The van der Waals surface area contributed by atoms with Crippen LogP contribution in [0.5, 0.6) is 0 Å². The normalized spacial score (nSPS) is 17.3. The number of guanidine groups is 1. The monoisotopic (exact) mass is 328 g/mol. The molecule has 5 nitrogen and oxygen atoms in total. The molecule has 3 N–H and O–H groups in total. The van der Waals surface area contributed by atoms with Gasteiger partial charge in [0.05, 0.1) is 0 Å². The number of benzene rings is 1. The van der Waals surface area contributed by atoms with Gasteiger partial charge in [-0.15, -0.1) is 0 Å². The molecule has 2 heterocycles. The van der Waals surface area contributed by atoms with E-state index in [0.29, 0.717) is 13.0 Å². The summed E-state index contributed by atoms with van der Waals surface area (Å²) in [5.41, 5.74) is 3.32. The lowest BCUT2D eigenvalue weighted by atomic mass is 9.90. The topological polar surface area (TPSA) is 65.5 Å². The zero-order valence-corrected chi connectivity index (χ0v) is 13.8. The molecule has 1 aliphatic heterocycles. The lowest BCUT2D eigenvalue weighted by molar-refractivity contribution is -0.116. The van der Waals surface area contributed by atoms with Crippen LogP contribution in [-0.2, 0) is 11.3 Å². The van der Waals surface area contributed by atoms with Gasteiger partial charge in [-0.05, 0) is 34.0 Å². The first-order valence-electron chi connectivity index (χ1n) is 7.60. The van der Waals surface area contributed by atoms with Gasteiger partial charge in [0.2, 0.25) is 5.91 Å². The van der Waals surface area contributed by atoms with E-state index in [9.17, 15) is 4.79 Å². The maximum absolute atomic E-state index is 11.8. The zero-order chi connectivity index (χ0) is 16.1. The molecular formula is C17H20N4OS. The van der Waals surface area contributed by atoms with Gasteiger partial charge in [-0.1, -0.05) is 18.2 Å². The number of anilines is 1. The second-order valence-corrected chi connectivity index (χ2v) is 6.25. The molecule has 0 fully saturated rings. The van der Waals surface area contributed by atoms with Crippen molar-refractivity contribution in [2.24, 2.45) is 4.99 Å². The van der Waals surface area contributed by atoms with Crippen LogP contribution in [0.15, 0.2) is 46.1 Å². The highest BCUT2D eigenvalue weighted by Gasteiger charge is 2.24. The van der Waals surface area contributed by atoms with Crippen LogP contribution in [0.2, 0.25) is 0 Å². The number of amides is 1. The van der Waals surface area contributed by atoms with Crippen molar-refractivity contribution >= 4 is 28.9 Å². The van der Waals surface area contributed by atoms with E-state index in [4.69, 9.17) is 0 Å². The zero-order valence-electron chi connectivity index (χ0n) is 13.0. The molecule has 0 aliphatic carbocycles. The van der Waals surface area contributed by atoms with Crippen molar-refractivity contribution in [1.82, 2.24) is 10.6 Å². The van der Waals surface area contributed by atoms with E-state index < -0.39 is 0 Å². The minimum absolute atomic E-state index is 0.0664. The molecule has 1 atom stereocenters. The first-order valence-corrected chi connectivity index (χ1v) is 8.55. The van der Waals surface area contributed by atoms with Gasteiger partial charge in [-0.25, -0.2) is 0 Å². The quantitative estimate of drug-likeness (QED) is 0.597. The number of hydrogen-bond donors (Lipinski definition) is 3. The highest BCUT2D eigenvalue weighted by Crippen LogP contribution is 2.31. The van der Waals surface area contributed by atoms with Gasteiger partial charge in [0.15, 0.2) is 5.96 Å². The van der Waals surface area contributed by atoms with Crippen molar-refractivity contribution in [1.29, 1.82) is 0 Å². The van der Waals surface area contributed by atoms with E-state index in [2.05, 4.69) is 43.8 Å². The van der Waals surface area contributed by atoms with Crippen molar-refractivity contribution in [2.45, 2.75) is 18.9 Å². The molecule has 1 amide bonds. The largest absolute Gasteiger partial charge is 0.356 e.